The molecule has 0 atom stereocenters. The fourth-order valence-corrected chi connectivity index (χ4v) is 3.89. The van der Waals surface area contributed by atoms with Gasteiger partial charge in [0.1, 0.15) is 5.76 Å². The standard InChI is InChI=1S/C11H12N4O3S2/c12-9-10(15-5-7-19-11(15)14-9)20(16,17)13-4-3-8-2-1-6-18-8/h1-2,5-7,13H,3-4,12H2. The van der Waals surface area contributed by atoms with E-state index in [-0.39, 0.29) is 17.4 Å². The summed E-state index contributed by atoms with van der Waals surface area (Å²) in [5.74, 6) is 0.719. The lowest BCUT2D eigenvalue weighted by molar-refractivity contribution is 0.505. The molecule has 0 aliphatic rings. The monoisotopic (exact) mass is 312 g/mol. The zero-order valence-electron chi connectivity index (χ0n) is 10.3. The van der Waals surface area contributed by atoms with Gasteiger partial charge in [0.05, 0.1) is 6.26 Å². The molecular weight excluding hydrogens is 300 g/mol. The zero-order valence-corrected chi connectivity index (χ0v) is 11.9. The van der Waals surface area contributed by atoms with Crippen LogP contribution in [0.1, 0.15) is 5.76 Å². The normalized spacial score (nSPS) is 12.2. The van der Waals surface area contributed by atoms with Crippen molar-refractivity contribution in [3.05, 3.63) is 35.7 Å². The number of imidazole rings is 1. The molecule has 0 unspecified atom stereocenters. The smallest absolute Gasteiger partial charge is 0.260 e. The first kappa shape index (κ1) is 13.2. The molecule has 0 bridgehead atoms. The Kier molecular flexibility index (Phi) is 3.24. The lowest BCUT2D eigenvalue weighted by Crippen LogP contribution is -2.27. The second-order valence-electron chi connectivity index (χ2n) is 4.08. The number of hydrogen-bond donors (Lipinski definition) is 2. The Morgan fingerprint density at radius 2 is 2.35 bits per heavy atom. The predicted octanol–water partition coefficient (Wildman–Crippen LogP) is 1.09. The maximum absolute atomic E-state index is 12.3. The van der Waals surface area contributed by atoms with Gasteiger partial charge in [-0.25, -0.2) is 18.1 Å². The van der Waals surface area contributed by atoms with E-state index in [1.807, 2.05) is 0 Å². The first-order valence-electron chi connectivity index (χ1n) is 5.81. The minimum atomic E-state index is -3.71. The van der Waals surface area contributed by atoms with Crippen LogP contribution in [-0.4, -0.2) is 24.3 Å². The number of rotatable bonds is 5. The molecule has 0 spiro atoms. The highest BCUT2D eigenvalue weighted by Crippen LogP contribution is 2.22. The van der Waals surface area contributed by atoms with Gasteiger partial charge in [-0.05, 0) is 12.1 Å². The Morgan fingerprint density at radius 3 is 3.10 bits per heavy atom. The van der Waals surface area contributed by atoms with Crippen LogP contribution in [0.5, 0.6) is 0 Å². The van der Waals surface area contributed by atoms with Gasteiger partial charge in [-0.2, -0.15) is 0 Å². The SMILES string of the molecule is Nc1nc2sccn2c1S(=O)(=O)NCCc1ccco1. The second-order valence-corrected chi connectivity index (χ2v) is 6.64. The van der Waals surface area contributed by atoms with E-state index in [0.717, 1.165) is 5.76 Å². The van der Waals surface area contributed by atoms with E-state index in [0.29, 0.717) is 11.4 Å². The third-order valence-corrected chi connectivity index (χ3v) is 5.00. The van der Waals surface area contributed by atoms with Gasteiger partial charge in [-0.15, -0.1) is 11.3 Å². The molecule has 0 aliphatic heterocycles. The number of hydrogen-bond acceptors (Lipinski definition) is 6. The quantitative estimate of drug-likeness (QED) is 0.734. The summed E-state index contributed by atoms with van der Waals surface area (Å²) in [7, 11) is -3.71. The summed E-state index contributed by atoms with van der Waals surface area (Å²) in [5.41, 5.74) is 5.69. The largest absolute Gasteiger partial charge is 0.469 e. The number of fused-ring (bicyclic) bond motifs is 1. The molecule has 0 saturated carbocycles. The molecule has 3 N–H and O–H groups in total. The van der Waals surface area contributed by atoms with Gasteiger partial charge in [0, 0.05) is 24.5 Å². The molecule has 0 fully saturated rings. The number of anilines is 1. The molecule has 0 aliphatic carbocycles. The van der Waals surface area contributed by atoms with Crippen LogP contribution < -0.4 is 10.5 Å². The molecule has 9 heteroatoms. The van der Waals surface area contributed by atoms with Crippen LogP contribution in [-0.2, 0) is 16.4 Å². The maximum Gasteiger partial charge on any atom is 0.260 e. The van der Waals surface area contributed by atoms with E-state index >= 15 is 0 Å². The number of nitrogen functional groups attached to an aromatic ring is 1. The van der Waals surface area contributed by atoms with Crippen LogP contribution in [0.15, 0.2) is 39.4 Å². The Balaban J connectivity index is 1.81. The maximum atomic E-state index is 12.3. The van der Waals surface area contributed by atoms with Gasteiger partial charge in [-0.3, -0.25) is 4.40 Å². The molecule has 3 aromatic heterocycles. The van der Waals surface area contributed by atoms with Crippen LogP contribution in [0.2, 0.25) is 0 Å². The summed E-state index contributed by atoms with van der Waals surface area (Å²) < 4.78 is 33.7. The van der Waals surface area contributed by atoms with Crippen LogP contribution in [0.25, 0.3) is 4.96 Å². The first-order chi connectivity index (χ1) is 9.58. The fourth-order valence-electron chi connectivity index (χ4n) is 1.88. The molecule has 7 nitrogen and oxygen atoms in total. The summed E-state index contributed by atoms with van der Waals surface area (Å²) in [4.78, 5) is 4.57. The van der Waals surface area contributed by atoms with Crippen molar-refractivity contribution in [1.82, 2.24) is 14.1 Å². The van der Waals surface area contributed by atoms with Crippen molar-refractivity contribution in [2.75, 3.05) is 12.3 Å². The molecule has 3 aromatic rings. The van der Waals surface area contributed by atoms with Crippen LogP contribution in [0, 0.1) is 0 Å². The van der Waals surface area contributed by atoms with Crippen LogP contribution >= 0.6 is 11.3 Å². The lowest BCUT2D eigenvalue weighted by Gasteiger charge is -2.05. The fraction of sp³-hybridized carbons (Fsp3) is 0.182. The van der Waals surface area contributed by atoms with Crippen molar-refractivity contribution < 1.29 is 12.8 Å². The highest BCUT2D eigenvalue weighted by Gasteiger charge is 2.24. The zero-order chi connectivity index (χ0) is 14.2. The number of aromatic nitrogens is 2. The van der Waals surface area contributed by atoms with Crippen molar-refractivity contribution in [3.8, 4) is 0 Å². The molecule has 3 heterocycles. The van der Waals surface area contributed by atoms with Crippen LogP contribution in [0.3, 0.4) is 0 Å². The van der Waals surface area contributed by atoms with Crippen molar-refractivity contribution in [2.24, 2.45) is 0 Å². The molecular formula is C11H12N4O3S2. The van der Waals surface area contributed by atoms with E-state index in [9.17, 15) is 8.42 Å². The average Bonchev–Trinajstić information content (AvgIpc) is 3.04. The summed E-state index contributed by atoms with van der Waals surface area (Å²) >= 11 is 1.32. The van der Waals surface area contributed by atoms with E-state index in [2.05, 4.69) is 9.71 Å². The number of furan rings is 1. The molecule has 106 valence electrons. The summed E-state index contributed by atoms with van der Waals surface area (Å²) in [6, 6.07) is 3.55. The Morgan fingerprint density at radius 1 is 1.50 bits per heavy atom. The van der Waals surface area contributed by atoms with E-state index in [1.165, 1.54) is 15.7 Å². The number of nitrogens with zero attached hydrogens (tertiary/aromatic N) is 2. The van der Waals surface area contributed by atoms with Crippen molar-refractivity contribution >= 4 is 32.1 Å². The summed E-state index contributed by atoms with van der Waals surface area (Å²) in [5, 5.41) is 1.73. The Hall–Kier alpha value is -1.84. The van der Waals surface area contributed by atoms with Gasteiger partial charge in [-0.1, -0.05) is 0 Å². The topological polar surface area (TPSA) is 103 Å². The van der Waals surface area contributed by atoms with Gasteiger partial charge in [0.25, 0.3) is 10.0 Å². The van der Waals surface area contributed by atoms with Gasteiger partial charge >= 0.3 is 0 Å². The molecule has 0 amide bonds. The Bertz CT molecular complexity index is 817. The van der Waals surface area contributed by atoms with Crippen molar-refractivity contribution in [2.45, 2.75) is 11.4 Å². The van der Waals surface area contributed by atoms with Gasteiger partial charge in [0.2, 0.25) is 0 Å². The third kappa shape index (κ3) is 2.30. The minimum Gasteiger partial charge on any atom is -0.469 e. The molecule has 0 radical (unpaired) electrons. The van der Waals surface area contributed by atoms with E-state index in [4.69, 9.17) is 10.2 Å². The Labute approximate surface area is 119 Å². The lowest BCUT2D eigenvalue weighted by atomic mass is 10.3. The van der Waals surface area contributed by atoms with Crippen LogP contribution in [0.4, 0.5) is 5.82 Å². The predicted molar refractivity (Wildman–Crippen MR) is 75.1 cm³/mol. The van der Waals surface area contributed by atoms with E-state index in [1.54, 1.807) is 30.0 Å². The minimum absolute atomic E-state index is 0.00217. The number of thiazole rings is 1. The second kappa shape index (κ2) is 4.93. The van der Waals surface area contributed by atoms with Crippen molar-refractivity contribution in [3.63, 3.8) is 0 Å². The van der Waals surface area contributed by atoms with Crippen molar-refractivity contribution in [1.29, 1.82) is 0 Å². The highest BCUT2D eigenvalue weighted by atomic mass is 32.2. The first-order valence-corrected chi connectivity index (χ1v) is 8.17. The average molecular weight is 312 g/mol. The number of nitrogens with two attached hydrogens (primary N) is 1. The van der Waals surface area contributed by atoms with E-state index < -0.39 is 10.0 Å². The third-order valence-electron chi connectivity index (χ3n) is 2.74. The van der Waals surface area contributed by atoms with Gasteiger partial charge < -0.3 is 10.2 Å². The summed E-state index contributed by atoms with van der Waals surface area (Å²) in [6.45, 7) is 0.229. The molecule has 3 rings (SSSR count). The molecule has 20 heavy (non-hydrogen) atoms. The molecule has 0 saturated heterocycles. The number of nitrogens with one attached hydrogen (secondary N) is 1. The number of sulfonamides is 1. The summed E-state index contributed by atoms with van der Waals surface area (Å²) in [6.07, 6.45) is 3.65. The highest BCUT2D eigenvalue weighted by molar-refractivity contribution is 7.89. The molecule has 0 aromatic carbocycles. The van der Waals surface area contributed by atoms with Gasteiger partial charge in [0.15, 0.2) is 15.8 Å².